The standard InChI is InChI=1S/C16H12F3N3OS/c17-16(18,19)11-3-1-10(2-4-11)8-20-15(23)22-12-5-6-14-13(7-12)21-9-24-14/h1-7,9H,8H2,(H2,20,22,23). The summed E-state index contributed by atoms with van der Waals surface area (Å²) in [6, 6.07) is 9.59. The number of nitrogens with one attached hydrogen (secondary N) is 2. The fourth-order valence-corrected chi connectivity index (χ4v) is 2.76. The fraction of sp³-hybridized carbons (Fsp3) is 0.125. The highest BCUT2D eigenvalue weighted by molar-refractivity contribution is 7.16. The number of hydrogen-bond acceptors (Lipinski definition) is 3. The van der Waals surface area contributed by atoms with E-state index in [0.29, 0.717) is 11.3 Å². The van der Waals surface area contributed by atoms with Gasteiger partial charge in [-0.25, -0.2) is 9.78 Å². The lowest BCUT2D eigenvalue weighted by atomic mass is 10.1. The van der Waals surface area contributed by atoms with Crippen molar-refractivity contribution in [1.29, 1.82) is 0 Å². The van der Waals surface area contributed by atoms with Crippen molar-refractivity contribution in [3.63, 3.8) is 0 Å². The topological polar surface area (TPSA) is 54.0 Å². The highest BCUT2D eigenvalue weighted by Crippen LogP contribution is 2.29. The number of urea groups is 1. The van der Waals surface area contributed by atoms with Crippen LogP contribution in [0, 0.1) is 0 Å². The number of alkyl halides is 3. The highest BCUT2D eigenvalue weighted by Gasteiger charge is 2.29. The maximum Gasteiger partial charge on any atom is 0.416 e. The molecule has 0 saturated carbocycles. The van der Waals surface area contributed by atoms with Crippen LogP contribution in [0.1, 0.15) is 11.1 Å². The van der Waals surface area contributed by atoms with E-state index in [1.165, 1.54) is 23.5 Å². The molecule has 0 fully saturated rings. The number of amides is 2. The number of rotatable bonds is 3. The fourth-order valence-electron chi connectivity index (χ4n) is 2.10. The first-order valence-corrected chi connectivity index (χ1v) is 7.84. The van der Waals surface area contributed by atoms with E-state index in [1.54, 1.807) is 17.6 Å². The Kier molecular flexibility index (Phi) is 4.39. The van der Waals surface area contributed by atoms with E-state index >= 15 is 0 Å². The molecule has 2 aromatic carbocycles. The molecule has 2 N–H and O–H groups in total. The summed E-state index contributed by atoms with van der Waals surface area (Å²) in [5, 5.41) is 5.26. The van der Waals surface area contributed by atoms with Crippen LogP contribution in [0.5, 0.6) is 0 Å². The number of halogens is 3. The second-order valence-corrected chi connectivity index (χ2v) is 5.92. The van der Waals surface area contributed by atoms with Crippen LogP contribution in [0.3, 0.4) is 0 Å². The van der Waals surface area contributed by atoms with Crippen LogP contribution >= 0.6 is 11.3 Å². The van der Waals surface area contributed by atoms with E-state index in [1.807, 2.05) is 6.07 Å². The molecule has 0 aliphatic heterocycles. The first-order valence-electron chi connectivity index (χ1n) is 6.96. The Morgan fingerprint density at radius 3 is 2.58 bits per heavy atom. The Morgan fingerprint density at radius 1 is 1.12 bits per heavy atom. The van der Waals surface area contributed by atoms with Gasteiger partial charge in [0.2, 0.25) is 0 Å². The van der Waals surface area contributed by atoms with Crippen LogP contribution in [0.15, 0.2) is 48.0 Å². The summed E-state index contributed by atoms with van der Waals surface area (Å²) in [6.45, 7) is 0.128. The van der Waals surface area contributed by atoms with Crippen LogP contribution in [0.2, 0.25) is 0 Å². The zero-order chi connectivity index (χ0) is 17.2. The lowest BCUT2D eigenvalue weighted by molar-refractivity contribution is -0.137. The van der Waals surface area contributed by atoms with Gasteiger partial charge >= 0.3 is 12.2 Å². The summed E-state index contributed by atoms with van der Waals surface area (Å²) in [4.78, 5) is 16.0. The maximum atomic E-state index is 12.5. The van der Waals surface area contributed by atoms with E-state index < -0.39 is 17.8 Å². The van der Waals surface area contributed by atoms with Gasteiger partial charge in [-0.1, -0.05) is 12.1 Å². The highest BCUT2D eigenvalue weighted by atomic mass is 32.1. The predicted octanol–water partition coefficient (Wildman–Crippen LogP) is 4.64. The van der Waals surface area contributed by atoms with Gasteiger partial charge in [-0.3, -0.25) is 0 Å². The van der Waals surface area contributed by atoms with E-state index in [0.717, 1.165) is 22.3 Å². The molecule has 124 valence electrons. The van der Waals surface area contributed by atoms with Crippen molar-refractivity contribution in [2.45, 2.75) is 12.7 Å². The second-order valence-electron chi connectivity index (χ2n) is 5.04. The van der Waals surface area contributed by atoms with E-state index in [-0.39, 0.29) is 6.54 Å². The lowest BCUT2D eigenvalue weighted by Gasteiger charge is -2.09. The molecule has 0 saturated heterocycles. The number of carbonyl (C=O) groups is 1. The average molecular weight is 351 g/mol. The van der Waals surface area contributed by atoms with E-state index in [9.17, 15) is 18.0 Å². The van der Waals surface area contributed by atoms with Gasteiger partial charge in [-0.15, -0.1) is 11.3 Å². The monoisotopic (exact) mass is 351 g/mol. The molecule has 3 aromatic rings. The summed E-state index contributed by atoms with van der Waals surface area (Å²) < 4.78 is 38.5. The minimum absolute atomic E-state index is 0.128. The number of nitrogens with zero attached hydrogens (tertiary/aromatic N) is 1. The van der Waals surface area contributed by atoms with Gasteiger partial charge in [0.05, 0.1) is 21.3 Å². The minimum atomic E-state index is -4.36. The van der Waals surface area contributed by atoms with Crippen molar-refractivity contribution in [2.75, 3.05) is 5.32 Å². The van der Waals surface area contributed by atoms with Gasteiger partial charge in [0.25, 0.3) is 0 Å². The molecular weight excluding hydrogens is 339 g/mol. The van der Waals surface area contributed by atoms with Gasteiger partial charge in [-0.05, 0) is 35.9 Å². The Labute approximate surface area is 139 Å². The van der Waals surface area contributed by atoms with E-state index in [2.05, 4.69) is 15.6 Å². The molecule has 0 atom stereocenters. The molecule has 24 heavy (non-hydrogen) atoms. The summed E-state index contributed by atoms with van der Waals surface area (Å²) in [7, 11) is 0. The van der Waals surface area contributed by atoms with Crippen molar-refractivity contribution >= 4 is 33.3 Å². The molecule has 4 nitrogen and oxygen atoms in total. The predicted molar refractivity (Wildman–Crippen MR) is 86.9 cm³/mol. The van der Waals surface area contributed by atoms with Crippen LogP contribution in [0.25, 0.3) is 10.2 Å². The molecule has 0 bridgehead atoms. The summed E-state index contributed by atoms with van der Waals surface area (Å²) >= 11 is 1.51. The molecule has 8 heteroatoms. The van der Waals surface area contributed by atoms with Gasteiger partial charge in [0.1, 0.15) is 0 Å². The van der Waals surface area contributed by atoms with E-state index in [4.69, 9.17) is 0 Å². The average Bonchev–Trinajstić information content (AvgIpc) is 3.00. The number of thiazole rings is 1. The molecule has 1 heterocycles. The number of anilines is 1. The van der Waals surface area contributed by atoms with Gasteiger partial charge in [0.15, 0.2) is 0 Å². The number of hydrogen-bond donors (Lipinski definition) is 2. The number of aromatic nitrogens is 1. The molecular formula is C16H12F3N3OS. The number of carbonyl (C=O) groups excluding carboxylic acids is 1. The summed E-state index contributed by atoms with van der Waals surface area (Å²) in [5.74, 6) is 0. The molecule has 0 aliphatic rings. The second kappa shape index (κ2) is 6.48. The van der Waals surface area contributed by atoms with Gasteiger partial charge < -0.3 is 10.6 Å². The summed E-state index contributed by atoms with van der Waals surface area (Å²) in [5.41, 5.74) is 2.97. The smallest absolute Gasteiger partial charge is 0.334 e. The first-order chi connectivity index (χ1) is 11.4. The quantitative estimate of drug-likeness (QED) is 0.722. The van der Waals surface area contributed by atoms with Crippen molar-refractivity contribution < 1.29 is 18.0 Å². The van der Waals surface area contributed by atoms with Crippen molar-refractivity contribution in [2.24, 2.45) is 0 Å². The molecule has 3 rings (SSSR count). The molecule has 0 spiro atoms. The number of benzene rings is 2. The van der Waals surface area contributed by atoms with Crippen LogP contribution in [-0.4, -0.2) is 11.0 Å². The van der Waals surface area contributed by atoms with Crippen LogP contribution in [-0.2, 0) is 12.7 Å². The first kappa shape index (κ1) is 16.3. The lowest BCUT2D eigenvalue weighted by Crippen LogP contribution is -2.28. The Hall–Kier alpha value is -2.61. The Bertz CT molecular complexity index is 859. The van der Waals surface area contributed by atoms with Crippen LogP contribution < -0.4 is 10.6 Å². The third-order valence-corrected chi connectivity index (χ3v) is 4.13. The Morgan fingerprint density at radius 2 is 1.88 bits per heavy atom. The Balaban J connectivity index is 1.57. The third-order valence-electron chi connectivity index (χ3n) is 3.32. The van der Waals surface area contributed by atoms with Crippen molar-refractivity contribution in [3.05, 3.63) is 59.1 Å². The zero-order valence-electron chi connectivity index (χ0n) is 12.2. The van der Waals surface area contributed by atoms with Crippen molar-refractivity contribution in [1.82, 2.24) is 10.3 Å². The molecule has 2 amide bonds. The normalized spacial score (nSPS) is 11.5. The molecule has 0 aliphatic carbocycles. The SMILES string of the molecule is O=C(NCc1ccc(C(F)(F)F)cc1)Nc1ccc2scnc2c1. The molecule has 0 unspecified atom stereocenters. The molecule has 1 aromatic heterocycles. The van der Waals surface area contributed by atoms with Gasteiger partial charge in [-0.2, -0.15) is 13.2 Å². The maximum absolute atomic E-state index is 12.5. The van der Waals surface area contributed by atoms with Crippen LogP contribution in [0.4, 0.5) is 23.7 Å². The largest absolute Gasteiger partial charge is 0.416 e. The number of fused-ring (bicyclic) bond motifs is 1. The summed E-state index contributed by atoms with van der Waals surface area (Å²) in [6.07, 6.45) is -4.36. The zero-order valence-corrected chi connectivity index (χ0v) is 13.0. The van der Waals surface area contributed by atoms with Crippen molar-refractivity contribution in [3.8, 4) is 0 Å². The van der Waals surface area contributed by atoms with Gasteiger partial charge in [0, 0.05) is 12.2 Å². The third kappa shape index (κ3) is 3.83. The molecule has 0 radical (unpaired) electrons. The minimum Gasteiger partial charge on any atom is -0.334 e.